The molecule has 0 aromatic heterocycles. The first-order valence-corrected chi connectivity index (χ1v) is 8.00. The number of benzene rings is 2. The van der Waals surface area contributed by atoms with E-state index in [0.29, 0.717) is 25.7 Å². The normalized spacial score (nSPS) is 10.9. The number of ether oxygens (including phenoxy) is 2. The molecule has 21 heavy (non-hydrogen) atoms. The van der Waals surface area contributed by atoms with E-state index in [1.807, 2.05) is 30.3 Å². The molecule has 2 nitrogen and oxygen atoms in total. The zero-order valence-electron chi connectivity index (χ0n) is 12.5. The monoisotopic (exact) mass is 348 g/mol. The third kappa shape index (κ3) is 5.18. The lowest BCUT2D eigenvalue weighted by atomic mass is 10.0. The minimum absolute atomic E-state index is 0.433. The fourth-order valence-corrected chi connectivity index (χ4v) is 2.46. The van der Waals surface area contributed by atoms with E-state index in [0.717, 1.165) is 10.2 Å². The first kappa shape index (κ1) is 16.1. The van der Waals surface area contributed by atoms with Gasteiger partial charge in [0.25, 0.3) is 0 Å². The summed E-state index contributed by atoms with van der Waals surface area (Å²) in [6.45, 7) is 6.11. The van der Waals surface area contributed by atoms with Crippen LogP contribution in [0.15, 0.2) is 53.0 Å². The first-order chi connectivity index (χ1) is 10.2. The molecule has 0 aliphatic heterocycles. The predicted molar refractivity (Wildman–Crippen MR) is 89.8 cm³/mol. The van der Waals surface area contributed by atoms with Crippen LogP contribution >= 0.6 is 15.9 Å². The van der Waals surface area contributed by atoms with Crippen molar-refractivity contribution in [3.05, 3.63) is 64.1 Å². The Hall–Kier alpha value is -1.32. The van der Waals surface area contributed by atoms with E-state index in [9.17, 15) is 0 Å². The first-order valence-electron chi connectivity index (χ1n) is 7.20. The van der Waals surface area contributed by atoms with Crippen LogP contribution in [0.2, 0.25) is 0 Å². The molecule has 0 heterocycles. The van der Waals surface area contributed by atoms with Crippen LogP contribution < -0.4 is 4.74 Å². The van der Waals surface area contributed by atoms with Gasteiger partial charge in [0, 0.05) is 4.47 Å². The summed E-state index contributed by atoms with van der Waals surface area (Å²) in [5.74, 6) is 1.37. The van der Waals surface area contributed by atoms with E-state index in [-0.39, 0.29) is 0 Å². The van der Waals surface area contributed by atoms with Crippen LogP contribution in [0.1, 0.15) is 30.9 Å². The third-order valence-electron chi connectivity index (χ3n) is 3.19. The van der Waals surface area contributed by atoms with E-state index >= 15 is 0 Å². The molecule has 0 fully saturated rings. The van der Waals surface area contributed by atoms with E-state index in [1.165, 1.54) is 11.1 Å². The Morgan fingerprint density at radius 3 is 2.48 bits per heavy atom. The van der Waals surface area contributed by atoms with Gasteiger partial charge in [-0.2, -0.15) is 0 Å². The lowest BCUT2D eigenvalue weighted by molar-refractivity contribution is 0.0885. The van der Waals surface area contributed by atoms with Crippen molar-refractivity contribution < 1.29 is 9.47 Å². The van der Waals surface area contributed by atoms with Gasteiger partial charge in [0.05, 0.1) is 13.2 Å². The number of hydrogen-bond donors (Lipinski definition) is 0. The summed E-state index contributed by atoms with van der Waals surface area (Å²) >= 11 is 3.50. The smallest absolute Gasteiger partial charge is 0.122 e. The standard InChI is InChI=1S/C18H21BrO2/c1-14(2)17-12-16(19)8-9-18(17)21-11-10-20-13-15-6-4-3-5-7-15/h3-9,12,14H,10-11,13H2,1-2H3. The van der Waals surface area contributed by atoms with Crippen LogP contribution in [0.4, 0.5) is 0 Å². The van der Waals surface area contributed by atoms with Gasteiger partial charge >= 0.3 is 0 Å². The maximum absolute atomic E-state index is 5.85. The molecule has 2 aromatic rings. The number of rotatable bonds is 7. The highest BCUT2D eigenvalue weighted by Crippen LogP contribution is 2.29. The van der Waals surface area contributed by atoms with Crippen molar-refractivity contribution in [3.63, 3.8) is 0 Å². The highest BCUT2D eigenvalue weighted by atomic mass is 79.9. The van der Waals surface area contributed by atoms with Gasteiger partial charge in [-0.1, -0.05) is 60.1 Å². The summed E-state index contributed by atoms with van der Waals surface area (Å²) in [6.07, 6.45) is 0. The lowest BCUT2D eigenvalue weighted by Gasteiger charge is -2.14. The van der Waals surface area contributed by atoms with Crippen molar-refractivity contribution in [1.29, 1.82) is 0 Å². The van der Waals surface area contributed by atoms with E-state index < -0.39 is 0 Å². The van der Waals surface area contributed by atoms with Gasteiger partial charge in [-0.15, -0.1) is 0 Å². The largest absolute Gasteiger partial charge is 0.491 e. The average molecular weight is 349 g/mol. The van der Waals surface area contributed by atoms with Gasteiger partial charge in [-0.05, 0) is 35.2 Å². The molecule has 0 unspecified atom stereocenters. The Balaban J connectivity index is 1.78. The number of halogens is 1. The molecule has 0 saturated heterocycles. The second kappa shape index (κ2) is 8.20. The topological polar surface area (TPSA) is 18.5 Å². The average Bonchev–Trinajstić information content (AvgIpc) is 2.49. The Morgan fingerprint density at radius 2 is 1.76 bits per heavy atom. The van der Waals surface area contributed by atoms with Crippen molar-refractivity contribution in [2.24, 2.45) is 0 Å². The highest BCUT2D eigenvalue weighted by molar-refractivity contribution is 9.10. The molecule has 3 heteroatoms. The molecule has 0 atom stereocenters. The number of hydrogen-bond acceptors (Lipinski definition) is 2. The van der Waals surface area contributed by atoms with Crippen LogP contribution in [-0.4, -0.2) is 13.2 Å². The predicted octanol–water partition coefficient (Wildman–Crippen LogP) is 5.17. The summed E-state index contributed by atoms with van der Waals surface area (Å²) in [6, 6.07) is 16.3. The molecule has 0 spiro atoms. The van der Waals surface area contributed by atoms with Crippen LogP contribution in [-0.2, 0) is 11.3 Å². The summed E-state index contributed by atoms with van der Waals surface area (Å²) in [5.41, 5.74) is 2.40. The van der Waals surface area contributed by atoms with Crippen molar-refractivity contribution in [2.75, 3.05) is 13.2 Å². The van der Waals surface area contributed by atoms with Crippen LogP contribution in [0.25, 0.3) is 0 Å². The minimum Gasteiger partial charge on any atom is -0.491 e. The molecule has 0 saturated carbocycles. The Bertz CT molecular complexity index is 552. The molecule has 0 N–H and O–H groups in total. The SMILES string of the molecule is CC(C)c1cc(Br)ccc1OCCOCc1ccccc1. The highest BCUT2D eigenvalue weighted by Gasteiger charge is 2.08. The molecule has 2 rings (SSSR count). The molecule has 0 aliphatic rings. The minimum atomic E-state index is 0.433. The van der Waals surface area contributed by atoms with Crippen LogP contribution in [0, 0.1) is 0 Å². The summed E-state index contributed by atoms with van der Waals surface area (Å²) in [7, 11) is 0. The van der Waals surface area contributed by atoms with Crippen LogP contribution in [0.3, 0.4) is 0 Å². The lowest BCUT2D eigenvalue weighted by Crippen LogP contribution is -2.08. The van der Waals surface area contributed by atoms with Gasteiger partial charge in [-0.25, -0.2) is 0 Å². The molecule has 2 aromatic carbocycles. The quantitative estimate of drug-likeness (QED) is 0.642. The summed E-state index contributed by atoms with van der Waals surface area (Å²) in [4.78, 5) is 0. The van der Waals surface area contributed by atoms with E-state index in [1.54, 1.807) is 0 Å². The zero-order chi connectivity index (χ0) is 15.1. The maximum Gasteiger partial charge on any atom is 0.122 e. The van der Waals surface area contributed by atoms with Crippen molar-refractivity contribution >= 4 is 15.9 Å². The summed E-state index contributed by atoms with van der Waals surface area (Å²) < 4.78 is 12.6. The fraction of sp³-hybridized carbons (Fsp3) is 0.333. The molecule has 0 amide bonds. The zero-order valence-corrected chi connectivity index (χ0v) is 14.1. The van der Waals surface area contributed by atoms with E-state index in [4.69, 9.17) is 9.47 Å². The van der Waals surface area contributed by atoms with Gasteiger partial charge in [0.15, 0.2) is 0 Å². The van der Waals surface area contributed by atoms with Gasteiger partial charge in [0.1, 0.15) is 12.4 Å². The molecule has 0 radical (unpaired) electrons. The molecular formula is C18H21BrO2. The van der Waals surface area contributed by atoms with Crippen LogP contribution in [0.5, 0.6) is 5.75 Å². The van der Waals surface area contributed by atoms with Gasteiger partial charge in [0.2, 0.25) is 0 Å². The molecule has 0 aliphatic carbocycles. The van der Waals surface area contributed by atoms with Gasteiger partial charge < -0.3 is 9.47 Å². The van der Waals surface area contributed by atoms with E-state index in [2.05, 4.69) is 48.0 Å². The second-order valence-corrected chi connectivity index (χ2v) is 6.14. The van der Waals surface area contributed by atoms with Gasteiger partial charge in [-0.3, -0.25) is 0 Å². The van der Waals surface area contributed by atoms with Crippen molar-refractivity contribution in [1.82, 2.24) is 0 Å². The molecule has 0 bridgehead atoms. The third-order valence-corrected chi connectivity index (χ3v) is 3.68. The van der Waals surface area contributed by atoms with Crippen molar-refractivity contribution in [3.8, 4) is 5.75 Å². The summed E-state index contributed by atoms with van der Waals surface area (Å²) in [5, 5.41) is 0. The Labute approximate surface area is 135 Å². The molecule has 112 valence electrons. The second-order valence-electron chi connectivity index (χ2n) is 5.22. The fourth-order valence-electron chi connectivity index (χ4n) is 2.08. The Morgan fingerprint density at radius 1 is 1.00 bits per heavy atom. The van der Waals surface area contributed by atoms with Crippen molar-refractivity contribution in [2.45, 2.75) is 26.4 Å². The Kier molecular flexibility index (Phi) is 6.27. The maximum atomic E-state index is 5.85. The molecular weight excluding hydrogens is 328 g/mol.